The average molecular weight is 330 g/mol. The summed E-state index contributed by atoms with van der Waals surface area (Å²) in [6.45, 7) is 4.47. The second-order valence-corrected chi connectivity index (χ2v) is 6.91. The van der Waals surface area contributed by atoms with E-state index in [0.717, 1.165) is 36.1 Å². The highest BCUT2D eigenvalue weighted by molar-refractivity contribution is 6.11. The van der Waals surface area contributed by atoms with E-state index in [4.69, 9.17) is 16.2 Å². The van der Waals surface area contributed by atoms with Gasteiger partial charge in [0, 0.05) is 23.5 Å². The molecular weight excluding hydrogens is 304 g/mol. The molecule has 0 fully saturated rings. The fourth-order valence-corrected chi connectivity index (χ4v) is 2.89. The Kier molecular flexibility index (Phi) is 5.62. The van der Waals surface area contributed by atoms with E-state index in [9.17, 15) is 4.79 Å². The van der Waals surface area contributed by atoms with Gasteiger partial charge < -0.3 is 21.5 Å². The lowest BCUT2D eigenvalue weighted by Crippen LogP contribution is -2.31. The minimum atomic E-state index is -0.383. The van der Waals surface area contributed by atoms with E-state index < -0.39 is 0 Å². The molecule has 6 N–H and O–H groups in total. The van der Waals surface area contributed by atoms with Crippen molar-refractivity contribution in [2.45, 2.75) is 33.1 Å². The molecule has 0 saturated heterocycles. The number of urea groups is 1. The maximum atomic E-state index is 11.7. The number of nitrogens with two attached hydrogens (primary N) is 1. The zero-order valence-electron chi connectivity index (χ0n) is 14.3. The fraction of sp³-hybridized carbons (Fsp3) is 0.444. The van der Waals surface area contributed by atoms with Gasteiger partial charge in [-0.1, -0.05) is 26.0 Å². The topological polar surface area (TPSA) is 111 Å². The number of nitrogens with one attached hydrogen (secondary N) is 3. The standard InChI is InChI=1S/C18H26N4O2/c1-18(2)7-6-14(15(19)11-18)16(20)12-4-3-5-13(10-12)22-17(24)21-8-9-23/h3-5,10,20,23H,6-9,11,19H2,1-2H3,(H2,21,22,24). The van der Waals surface area contributed by atoms with Gasteiger partial charge in [0.1, 0.15) is 0 Å². The smallest absolute Gasteiger partial charge is 0.319 e. The predicted octanol–water partition coefficient (Wildman–Crippen LogP) is 2.59. The number of aliphatic hydroxyl groups excluding tert-OH is 1. The van der Waals surface area contributed by atoms with Gasteiger partial charge >= 0.3 is 6.03 Å². The number of rotatable bonds is 5. The number of aliphatic hydroxyl groups is 1. The second-order valence-electron chi connectivity index (χ2n) is 6.91. The molecule has 6 heteroatoms. The molecule has 0 spiro atoms. The summed E-state index contributed by atoms with van der Waals surface area (Å²) in [6.07, 6.45) is 2.60. The van der Waals surface area contributed by atoms with E-state index in [1.165, 1.54) is 0 Å². The van der Waals surface area contributed by atoms with E-state index in [2.05, 4.69) is 24.5 Å². The normalized spacial score (nSPS) is 16.6. The van der Waals surface area contributed by atoms with Gasteiger partial charge in [0.25, 0.3) is 0 Å². The lowest BCUT2D eigenvalue weighted by molar-refractivity contribution is 0.245. The van der Waals surface area contributed by atoms with Crippen molar-refractivity contribution in [2.75, 3.05) is 18.5 Å². The Bertz CT molecular complexity index is 665. The van der Waals surface area contributed by atoms with Crippen LogP contribution < -0.4 is 16.4 Å². The Morgan fingerprint density at radius 3 is 2.83 bits per heavy atom. The number of allylic oxidation sites excluding steroid dienone is 2. The first-order chi connectivity index (χ1) is 11.3. The second kappa shape index (κ2) is 7.49. The van der Waals surface area contributed by atoms with E-state index in [0.29, 0.717) is 11.4 Å². The van der Waals surface area contributed by atoms with Crippen LogP contribution in [0.25, 0.3) is 0 Å². The Labute approximate surface area is 142 Å². The minimum absolute atomic E-state index is 0.109. The van der Waals surface area contributed by atoms with Gasteiger partial charge in [-0.25, -0.2) is 4.79 Å². The Balaban J connectivity index is 2.13. The molecule has 0 aromatic heterocycles. The third kappa shape index (κ3) is 4.58. The number of anilines is 1. The molecule has 0 bridgehead atoms. The van der Waals surface area contributed by atoms with Crippen LogP contribution in [0.2, 0.25) is 0 Å². The summed E-state index contributed by atoms with van der Waals surface area (Å²) in [5, 5.41) is 22.4. The van der Waals surface area contributed by atoms with Crippen LogP contribution >= 0.6 is 0 Å². The van der Waals surface area contributed by atoms with E-state index in [1.54, 1.807) is 18.2 Å². The molecule has 130 valence electrons. The van der Waals surface area contributed by atoms with Crippen LogP contribution in [0.4, 0.5) is 10.5 Å². The monoisotopic (exact) mass is 330 g/mol. The lowest BCUT2D eigenvalue weighted by atomic mass is 9.75. The summed E-state index contributed by atoms with van der Waals surface area (Å²) in [5.74, 6) is 0. The molecule has 1 aliphatic rings. The van der Waals surface area contributed by atoms with Crippen LogP contribution in [-0.2, 0) is 0 Å². The van der Waals surface area contributed by atoms with Crippen molar-refractivity contribution < 1.29 is 9.90 Å². The quantitative estimate of drug-likeness (QED) is 0.535. The van der Waals surface area contributed by atoms with Crippen molar-refractivity contribution >= 4 is 17.4 Å². The highest BCUT2D eigenvalue weighted by Crippen LogP contribution is 2.37. The molecule has 1 aromatic rings. The molecule has 2 amide bonds. The summed E-state index contributed by atoms with van der Waals surface area (Å²) in [6, 6.07) is 6.79. The van der Waals surface area contributed by atoms with Gasteiger partial charge in [-0.3, -0.25) is 5.41 Å². The summed E-state index contributed by atoms with van der Waals surface area (Å²) in [4.78, 5) is 11.7. The zero-order chi connectivity index (χ0) is 17.7. The summed E-state index contributed by atoms with van der Waals surface area (Å²) in [5.41, 5.74) is 9.82. The Morgan fingerprint density at radius 1 is 1.42 bits per heavy atom. The minimum Gasteiger partial charge on any atom is -0.402 e. The van der Waals surface area contributed by atoms with Crippen molar-refractivity contribution in [3.05, 3.63) is 41.1 Å². The molecule has 0 atom stereocenters. The first-order valence-electron chi connectivity index (χ1n) is 8.15. The number of amides is 2. The summed E-state index contributed by atoms with van der Waals surface area (Å²) in [7, 11) is 0. The first-order valence-corrected chi connectivity index (χ1v) is 8.15. The molecule has 0 saturated carbocycles. The Hall–Kier alpha value is -2.34. The maximum Gasteiger partial charge on any atom is 0.319 e. The number of hydrogen-bond donors (Lipinski definition) is 5. The average Bonchev–Trinajstić information content (AvgIpc) is 2.52. The number of carbonyl (C=O) groups is 1. The summed E-state index contributed by atoms with van der Waals surface area (Å²) < 4.78 is 0. The molecule has 0 unspecified atom stereocenters. The van der Waals surface area contributed by atoms with Gasteiger partial charge in [0.05, 0.1) is 12.3 Å². The lowest BCUT2D eigenvalue weighted by Gasteiger charge is -2.31. The maximum absolute atomic E-state index is 11.7. The molecule has 1 aromatic carbocycles. The van der Waals surface area contributed by atoms with Gasteiger partial charge in [-0.15, -0.1) is 0 Å². The Morgan fingerprint density at radius 2 is 2.17 bits per heavy atom. The fourth-order valence-electron chi connectivity index (χ4n) is 2.89. The van der Waals surface area contributed by atoms with Crippen LogP contribution in [0.3, 0.4) is 0 Å². The SMILES string of the molecule is CC1(C)CCC(C(=N)c2cccc(NC(=O)NCCO)c2)=C(N)C1. The first kappa shape index (κ1) is 18.0. The predicted molar refractivity (Wildman–Crippen MR) is 96.2 cm³/mol. The van der Waals surface area contributed by atoms with Gasteiger partial charge in [-0.05, 0) is 42.4 Å². The van der Waals surface area contributed by atoms with Crippen molar-refractivity contribution in [3.63, 3.8) is 0 Å². The molecule has 0 aliphatic heterocycles. The van der Waals surface area contributed by atoms with Crippen molar-refractivity contribution in [1.29, 1.82) is 5.41 Å². The van der Waals surface area contributed by atoms with Crippen LogP contribution in [0.15, 0.2) is 35.5 Å². The molecule has 24 heavy (non-hydrogen) atoms. The number of hydrogen-bond acceptors (Lipinski definition) is 4. The molecule has 0 heterocycles. The van der Waals surface area contributed by atoms with Gasteiger partial charge in [0.15, 0.2) is 0 Å². The van der Waals surface area contributed by atoms with E-state index >= 15 is 0 Å². The third-order valence-electron chi connectivity index (χ3n) is 4.22. The van der Waals surface area contributed by atoms with Crippen molar-refractivity contribution in [1.82, 2.24) is 5.32 Å². The number of carbonyl (C=O) groups excluding carboxylic acids is 1. The third-order valence-corrected chi connectivity index (χ3v) is 4.22. The van der Waals surface area contributed by atoms with Crippen LogP contribution in [0, 0.1) is 10.8 Å². The highest BCUT2D eigenvalue weighted by atomic mass is 16.3. The van der Waals surface area contributed by atoms with Crippen molar-refractivity contribution in [2.24, 2.45) is 11.1 Å². The van der Waals surface area contributed by atoms with Crippen molar-refractivity contribution in [3.8, 4) is 0 Å². The molecule has 1 aliphatic carbocycles. The van der Waals surface area contributed by atoms with Gasteiger partial charge in [0.2, 0.25) is 0 Å². The number of benzene rings is 1. The van der Waals surface area contributed by atoms with Crippen LogP contribution in [0.5, 0.6) is 0 Å². The largest absolute Gasteiger partial charge is 0.402 e. The molecule has 0 radical (unpaired) electrons. The van der Waals surface area contributed by atoms with Gasteiger partial charge in [-0.2, -0.15) is 0 Å². The summed E-state index contributed by atoms with van der Waals surface area (Å²) >= 11 is 0. The van der Waals surface area contributed by atoms with Crippen LogP contribution in [-0.4, -0.2) is 30.0 Å². The van der Waals surface area contributed by atoms with E-state index in [1.807, 2.05) is 6.07 Å². The van der Waals surface area contributed by atoms with Crippen LogP contribution in [0.1, 0.15) is 38.7 Å². The molecule has 2 rings (SSSR count). The molecular formula is C18H26N4O2. The molecule has 6 nitrogen and oxygen atoms in total. The highest BCUT2D eigenvalue weighted by Gasteiger charge is 2.27. The van der Waals surface area contributed by atoms with E-state index in [-0.39, 0.29) is 24.6 Å². The zero-order valence-corrected chi connectivity index (χ0v) is 14.3.